The number of ketones is 2. The van der Waals surface area contributed by atoms with Crippen molar-refractivity contribution in [1.82, 2.24) is 0 Å². The Balaban J connectivity index is 1.62. The predicted octanol–water partition coefficient (Wildman–Crippen LogP) is 4.61. The first-order valence-corrected chi connectivity index (χ1v) is 9.11. The van der Waals surface area contributed by atoms with Gasteiger partial charge in [-0.15, -0.1) is 0 Å². The summed E-state index contributed by atoms with van der Waals surface area (Å²) in [6.07, 6.45) is 0. The van der Waals surface area contributed by atoms with Crippen LogP contribution in [0, 0.1) is 12.8 Å². The number of hydrogen-bond acceptors (Lipinski definition) is 3. The molecule has 1 fully saturated rings. The van der Waals surface area contributed by atoms with Gasteiger partial charge in [0.05, 0.1) is 11.5 Å². The third-order valence-corrected chi connectivity index (χ3v) is 5.66. The summed E-state index contributed by atoms with van der Waals surface area (Å²) in [7, 11) is 0. The van der Waals surface area contributed by atoms with Crippen LogP contribution < -0.4 is 4.74 Å². The van der Waals surface area contributed by atoms with E-state index in [1.54, 1.807) is 12.1 Å². The predicted molar refractivity (Wildman–Crippen MR) is 102 cm³/mol. The molecule has 1 aliphatic carbocycles. The van der Waals surface area contributed by atoms with Crippen LogP contribution in [0.1, 0.15) is 37.8 Å². The van der Waals surface area contributed by atoms with Crippen LogP contribution >= 0.6 is 0 Å². The maximum Gasteiger partial charge on any atom is 0.211 e. The number of Topliss-reactive ketones (excluding diaryl/α,β-unsaturated/α-hetero) is 2. The van der Waals surface area contributed by atoms with E-state index in [9.17, 15) is 9.59 Å². The fourth-order valence-corrected chi connectivity index (χ4v) is 4.35. The molecule has 132 valence electrons. The molecule has 3 heteroatoms. The van der Waals surface area contributed by atoms with Gasteiger partial charge in [0.2, 0.25) is 5.78 Å². The Hall–Kier alpha value is -3.20. The van der Waals surface area contributed by atoms with Crippen LogP contribution in [0.4, 0.5) is 0 Å². The van der Waals surface area contributed by atoms with Gasteiger partial charge in [-0.1, -0.05) is 72.3 Å². The minimum Gasteiger partial charge on any atom is -0.477 e. The second-order valence-electron chi connectivity index (χ2n) is 7.32. The van der Waals surface area contributed by atoms with Gasteiger partial charge in [-0.25, -0.2) is 0 Å². The van der Waals surface area contributed by atoms with Crippen LogP contribution in [0.15, 0.2) is 78.9 Å². The van der Waals surface area contributed by atoms with Crippen molar-refractivity contribution in [2.24, 2.45) is 5.92 Å². The summed E-state index contributed by atoms with van der Waals surface area (Å²) in [4.78, 5) is 26.7. The van der Waals surface area contributed by atoms with Gasteiger partial charge < -0.3 is 4.74 Å². The summed E-state index contributed by atoms with van der Waals surface area (Å²) >= 11 is 0. The standard InChI is InChI=1S/C24H18O3/c1-15-12-13-19-18(14-15)23(26)24(27-19)20(16-8-4-2-5-9-16)21(24)22(25)17-10-6-3-7-11-17/h2-14,20-21H,1H3/t20-,21-,24-/m1/s1. The largest absolute Gasteiger partial charge is 0.477 e. The van der Waals surface area contributed by atoms with Gasteiger partial charge >= 0.3 is 0 Å². The van der Waals surface area contributed by atoms with Gasteiger partial charge in [-0.3, -0.25) is 9.59 Å². The Labute approximate surface area is 157 Å². The lowest BCUT2D eigenvalue weighted by Crippen LogP contribution is -2.29. The Morgan fingerprint density at radius 3 is 2.30 bits per heavy atom. The lowest BCUT2D eigenvalue weighted by atomic mass is 10.00. The van der Waals surface area contributed by atoms with Crippen LogP contribution in [0.5, 0.6) is 5.75 Å². The molecule has 0 amide bonds. The first-order chi connectivity index (χ1) is 13.1. The molecule has 3 atom stereocenters. The second kappa shape index (κ2) is 5.65. The van der Waals surface area contributed by atoms with Crippen LogP contribution in [-0.2, 0) is 0 Å². The van der Waals surface area contributed by atoms with Gasteiger partial charge in [-0.05, 0) is 24.6 Å². The number of rotatable bonds is 3. The van der Waals surface area contributed by atoms with E-state index in [0.717, 1.165) is 11.1 Å². The normalized spacial score (nSPS) is 25.1. The number of aryl methyl sites for hydroxylation is 1. The van der Waals surface area contributed by atoms with Crippen molar-refractivity contribution in [2.45, 2.75) is 18.4 Å². The minimum absolute atomic E-state index is 0.0395. The van der Waals surface area contributed by atoms with E-state index < -0.39 is 11.5 Å². The lowest BCUT2D eigenvalue weighted by molar-refractivity contribution is 0.0741. The van der Waals surface area contributed by atoms with E-state index in [0.29, 0.717) is 16.9 Å². The van der Waals surface area contributed by atoms with Crippen LogP contribution in [0.25, 0.3) is 0 Å². The SMILES string of the molecule is Cc1ccc2c(c1)C(=O)[C@@]1(O2)[C@H](c2ccccc2)[C@@H]1C(=O)c1ccccc1. The fraction of sp³-hybridized carbons (Fsp3) is 0.167. The number of benzene rings is 3. The van der Waals surface area contributed by atoms with Crippen molar-refractivity contribution >= 4 is 11.6 Å². The maximum atomic E-state index is 13.4. The summed E-state index contributed by atoms with van der Waals surface area (Å²) in [5.41, 5.74) is 2.04. The summed E-state index contributed by atoms with van der Waals surface area (Å²) in [5, 5.41) is 0. The minimum atomic E-state index is -1.12. The quantitative estimate of drug-likeness (QED) is 0.645. The van der Waals surface area contributed by atoms with Crippen molar-refractivity contribution in [1.29, 1.82) is 0 Å². The fourth-order valence-electron chi connectivity index (χ4n) is 4.35. The summed E-state index contributed by atoms with van der Waals surface area (Å²) in [6, 6.07) is 24.5. The third-order valence-electron chi connectivity index (χ3n) is 5.66. The molecular formula is C24H18O3. The van der Waals surface area contributed by atoms with Crippen molar-refractivity contribution < 1.29 is 14.3 Å². The Morgan fingerprint density at radius 1 is 0.926 bits per heavy atom. The molecular weight excluding hydrogens is 336 g/mol. The second-order valence-corrected chi connectivity index (χ2v) is 7.32. The highest BCUT2D eigenvalue weighted by Crippen LogP contribution is 2.65. The molecule has 1 aliphatic heterocycles. The highest BCUT2D eigenvalue weighted by molar-refractivity contribution is 6.17. The zero-order chi connectivity index (χ0) is 18.6. The average Bonchev–Trinajstić information content (AvgIpc) is 3.30. The molecule has 0 bridgehead atoms. The Bertz CT molecular complexity index is 1060. The molecule has 0 N–H and O–H groups in total. The zero-order valence-electron chi connectivity index (χ0n) is 14.9. The lowest BCUT2D eigenvalue weighted by Gasteiger charge is -2.10. The molecule has 1 spiro atoms. The number of fused-ring (bicyclic) bond motifs is 1. The molecule has 0 saturated heterocycles. The number of hydrogen-bond donors (Lipinski definition) is 0. The number of ether oxygens (including phenoxy) is 1. The van der Waals surface area contributed by atoms with Crippen LogP contribution in [0.2, 0.25) is 0 Å². The molecule has 1 heterocycles. The first-order valence-electron chi connectivity index (χ1n) is 9.11. The zero-order valence-corrected chi connectivity index (χ0v) is 14.9. The van der Waals surface area contributed by atoms with Gasteiger partial charge in [0.15, 0.2) is 11.4 Å². The number of carbonyl (C=O) groups is 2. The Morgan fingerprint density at radius 2 is 1.59 bits per heavy atom. The summed E-state index contributed by atoms with van der Waals surface area (Å²) in [6.45, 7) is 1.95. The molecule has 0 aromatic heterocycles. The molecule has 3 aromatic carbocycles. The van der Waals surface area contributed by atoms with E-state index in [1.807, 2.05) is 73.7 Å². The molecule has 2 aliphatic rings. The number of carbonyl (C=O) groups excluding carboxylic acids is 2. The molecule has 0 radical (unpaired) electrons. The monoisotopic (exact) mass is 354 g/mol. The first kappa shape index (κ1) is 16.0. The van der Waals surface area contributed by atoms with Gasteiger partial charge in [0.1, 0.15) is 5.75 Å². The molecule has 3 nitrogen and oxygen atoms in total. The average molecular weight is 354 g/mol. The molecule has 0 unspecified atom stereocenters. The van der Waals surface area contributed by atoms with Crippen molar-refractivity contribution in [3.8, 4) is 5.75 Å². The van der Waals surface area contributed by atoms with Crippen LogP contribution in [0.3, 0.4) is 0 Å². The van der Waals surface area contributed by atoms with Crippen molar-refractivity contribution in [3.05, 3.63) is 101 Å². The highest BCUT2D eigenvalue weighted by Gasteiger charge is 2.77. The Kier molecular flexibility index (Phi) is 3.35. The van der Waals surface area contributed by atoms with E-state index >= 15 is 0 Å². The molecule has 1 saturated carbocycles. The smallest absolute Gasteiger partial charge is 0.211 e. The van der Waals surface area contributed by atoms with Gasteiger partial charge in [0.25, 0.3) is 0 Å². The van der Waals surface area contributed by atoms with E-state index in [2.05, 4.69) is 0 Å². The van der Waals surface area contributed by atoms with Crippen molar-refractivity contribution in [2.75, 3.05) is 0 Å². The maximum absolute atomic E-state index is 13.4. The summed E-state index contributed by atoms with van der Waals surface area (Å²) < 4.78 is 6.22. The highest BCUT2D eigenvalue weighted by atomic mass is 16.5. The molecule has 5 rings (SSSR count). The van der Waals surface area contributed by atoms with Crippen molar-refractivity contribution in [3.63, 3.8) is 0 Å². The van der Waals surface area contributed by atoms with E-state index in [-0.39, 0.29) is 17.5 Å². The molecule has 3 aromatic rings. The van der Waals surface area contributed by atoms with E-state index in [1.165, 1.54) is 0 Å². The topological polar surface area (TPSA) is 43.4 Å². The molecule has 27 heavy (non-hydrogen) atoms. The third kappa shape index (κ3) is 2.21. The van der Waals surface area contributed by atoms with Gasteiger partial charge in [0, 0.05) is 11.5 Å². The summed E-state index contributed by atoms with van der Waals surface area (Å²) in [5.74, 6) is -0.323. The van der Waals surface area contributed by atoms with Gasteiger partial charge in [-0.2, -0.15) is 0 Å². The van der Waals surface area contributed by atoms with Crippen LogP contribution in [-0.4, -0.2) is 17.2 Å². The van der Waals surface area contributed by atoms with E-state index in [4.69, 9.17) is 4.74 Å².